The number of carbonyl (C=O) groups is 1. The summed E-state index contributed by atoms with van der Waals surface area (Å²) in [6, 6.07) is 15.9. The van der Waals surface area contributed by atoms with Gasteiger partial charge in [-0.3, -0.25) is 9.69 Å². The average Bonchev–Trinajstić information content (AvgIpc) is 2.62. The summed E-state index contributed by atoms with van der Waals surface area (Å²) in [5.41, 5.74) is 3.55. The Labute approximate surface area is 155 Å². The topological polar surface area (TPSA) is 52.6 Å². The van der Waals surface area contributed by atoms with Gasteiger partial charge in [0.15, 0.2) is 0 Å². The number of carbonyl (C=O) groups excluding carboxylic acids is 1. The van der Waals surface area contributed by atoms with Crippen LogP contribution in [-0.4, -0.2) is 35.5 Å². The van der Waals surface area contributed by atoms with E-state index < -0.39 is 0 Å². The third-order valence-electron chi connectivity index (χ3n) is 5.25. The Morgan fingerprint density at radius 1 is 1.19 bits per heavy atom. The molecule has 2 aromatic rings. The van der Waals surface area contributed by atoms with Crippen LogP contribution in [0.4, 0.5) is 0 Å². The van der Waals surface area contributed by atoms with Gasteiger partial charge in [-0.1, -0.05) is 42.0 Å². The second-order valence-corrected chi connectivity index (χ2v) is 7.35. The minimum absolute atomic E-state index is 0.0212. The first-order valence-electron chi connectivity index (χ1n) is 9.38. The number of hydrogen-bond acceptors (Lipinski definition) is 3. The number of nitrogens with zero attached hydrogens (tertiary/aromatic N) is 1. The molecule has 3 rings (SSSR count). The predicted molar refractivity (Wildman–Crippen MR) is 104 cm³/mol. The summed E-state index contributed by atoms with van der Waals surface area (Å²) < 4.78 is 0. The highest BCUT2D eigenvalue weighted by Gasteiger charge is 2.22. The molecular formula is C22H28N2O2. The molecule has 138 valence electrons. The summed E-state index contributed by atoms with van der Waals surface area (Å²) in [6.07, 6.45) is 2.04. The van der Waals surface area contributed by atoms with Crippen molar-refractivity contribution in [1.29, 1.82) is 0 Å². The lowest BCUT2D eigenvalue weighted by Crippen LogP contribution is -2.41. The first-order valence-corrected chi connectivity index (χ1v) is 9.38. The number of hydrogen-bond donors (Lipinski definition) is 2. The molecule has 4 heteroatoms. The molecule has 1 aliphatic heterocycles. The Bertz CT molecular complexity index is 734. The van der Waals surface area contributed by atoms with Crippen molar-refractivity contribution in [3.63, 3.8) is 0 Å². The molecule has 26 heavy (non-hydrogen) atoms. The summed E-state index contributed by atoms with van der Waals surface area (Å²) in [4.78, 5) is 14.6. The molecule has 2 N–H and O–H groups in total. The minimum atomic E-state index is 0.0212. The highest BCUT2D eigenvalue weighted by atomic mass is 16.3. The van der Waals surface area contributed by atoms with Gasteiger partial charge in [-0.15, -0.1) is 0 Å². The van der Waals surface area contributed by atoms with Crippen molar-refractivity contribution in [2.45, 2.75) is 38.6 Å². The summed E-state index contributed by atoms with van der Waals surface area (Å²) in [6.45, 7) is 6.35. The number of benzene rings is 2. The lowest BCUT2D eigenvalue weighted by atomic mass is 9.89. The first-order chi connectivity index (χ1) is 12.5. The number of amides is 1. The van der Waals surface area contributed by atoms with Crippen LogP contribution in [0.2, 0.25) is 0 Å². The number of aryl methyl sites for hydroxylation is 1. The Morgan fingerprint density at radius 2 is 1.88 bits per heavy atom. The van der Waals surface area contributed by atoms with Crippen molar-refractivity contribution in [2.24, 2.45) is 0 Å². The maximum absolute atomic E-state index is 12.4. The molecule has 0 bridgehead atoms. The Kier molecular flexibility index (Phi) is 5.94. The number of likely N-dealkylation sites (tertiary alicyclic amines) is 1. The van der Waals surface area contributed by atoms with Crippen molar-refractivity contribution in [1.82, 2.24) is 10.2 Å². The molecule has 0 radical (unpaired) electrons. The Hall–Kier alpha value is -2.33. The highest BCUT2D eigenvalue weighted by Crippen LogP contribution is 2.29. The quantitative estimate of drug-likeness (QED) is 0.861. The third-order valence-corrected chi connectivity index (χ3v) is 5.25. The largest absolute Gasteiger partial charge is 0.508 e. The Morgan fingerprint density at radius 3 is 2.54 bits per heavy atom. The standard InChI is InChI=1S/C22H28N2O2/c1-16-6-8-18(9-7-16)17(2)23-22(26)15-24-12-10-19(11-13-24)20-4-3-5-21(25)14-20/h3-9,14,17,19,25H,10-13,15H2,1-2H3,(H,23,26)/t17-/m0/s1. The fraction of sp³-hybridized carbons (Fsp3) is 0.409. The molecule has 1 atom stereocenters. The molecule has 1 saturated heterocycles. The summed E-state index contributed by atoms with van der Waals surface area (Å²) in [5.74, 6) is 0.871. The number of aromatic hydroxyl groups is 1. The van der Waals surface area contributed by atoms with E-state index in [9.17, 15) is 9.90 Å². The van der Waals surface area contributed by atoms with Crippen LogP contribution in [0, 0.1) is 6.92 Å². The second-order valence-electron chi connectivity index (χ2n) is 7.35. The molecule has 1 heterocycles. The van der Waals surface area contributed by atoms with E-state index in [0.717, 1.165) is 31.5 Å². The van der Waals surface area contributed by atoms with E-state index in [1.807, 2.05) is 19.1 Å². The van der Waals surface area contributed by atoms with Crippen LogP contribution in [0.3, 0.4) is 0 Å². The lowest BCUT2D eigenvalue weighted by molar-refractivity contribution is -0.123. The number of rotatable bonds is 5. The zero-order chi connectivity index (χ0) is 18.5. The van der Waals surface area contributed by atoms with E-state index in [1.165, 1.54) is 11.1 Å². The second kappa shape index (κ2) is 8.37. The van der Waals surface area contributed by atoms with Gasteiger partial charge >= 0.3 is 0 Å². The molecule has 0 unspecified atom stereocenters. The number of nitrogens with one attached hydrogen (secondary N) is 1. The van der Waals surface area contributed by atoms with Crippen LogP contribution in [-0.2, 0) is 4.79 Å². The summed E-state index contributed by atoms with van der Waals surface area (Å²) >= 11 is 0. The van der Waals surface area contributed by atoms with Crippen LogP contribution in [0.1, 0.15) is 48.4 Å². The highest BCUT2D eigenvalue weighted by molar-refractivity contribution is 5.78. The fourth-order valence-corrected chi connectivity index (χ4v) is 3.63. The van der Waals surface area contributed by atoms with Crippen LogP contribution in [0.15, 0.2) is 48.5 Å². The van der Waals surface area contributed by atoms with Crippen molar-refractivity contribution in [3.8, 4) is 5.75 Å². The maximum Gasteiger partial charge on any atom is 0.234 e. The minimum Gasteiger partial charge on any atom is -0.508 e. The summed E-state index contributed by atoms with van der Waals surface area (Å²) in [5, 5.41) is 12.7. The van der Waals surface area contributed by atoms with E-state index in [-0.39, 0.29) is 11.9 Å². The number of phenols is 1. The van der Waals surface area contributed by atoms with Gasteiger partial charge in [-0.05, 0) is 69.0 Å². The van der Waals surface area contributed by atoms with Gasteiger partial charge in [-0.2, -0.15) is 0 Å². The van der Waals surface area contributed by atoms with Crippen molar-refractivity contribution in [2.75, 3.05) is 19.6 Å². The molecular weight excluding hydrogens is 324 g/mol. The van der Waals surface area contributed by atoms with Crippen molar-refractivity contribution in [3.05, 3.63) is 65.2 Å². The number of piperidine rings is 1. The zero-order valence-electron chi connectivity index (χ0n) is 15.6. The SMILES string of the molecule is Cc1ccc([C@H](C)NC(=O)CN2CCC(c3cccc(O)c3)CC2)cc1. The molecule has 2 aromatic carbocycles. The molecule has 0 spiro atoms. The zero-order valence-corrected chi connectivity index (χ0v) is 15.6. The van der Waals surface area contributed by atoms with Gasteiger partial charge in [0.1, 0.15) is 5.75 Å². The van der Waals surface area contributed by atoms with Crippen LogP contribution < -0.4 is 5.32 Å². The monoisotopic (exact) mass is 352 g/mol. The molecule has 1 amide bonds. The van der Waals surface area contributed by atoms with Gasteiger partial charge in [0, 0.05) is 0 Å². The van der Waals surface area contributed by atoms with Crippen LogP contribution >= 0.6 is 0 Å². The van der Waals surface area contributed by atoms with Gasteiger partial charge in [0.05, 0.1) is 12.6 Å². The van der Waals surface area contributed by atoms with Gasteiger partial charge in [-0.25, -0.2) is 0 Å². The smallest absolute Gasteiger partial charge is 0.234 e. The lowest BCUT2D eigenvalue weighted by Gasteiger charge is -2.32. The van der Waals surface area contributed by atoms with Gasteiger partial charge in [0.25, 0.3) is 0 Å². The van der Waals surface area contributed by atoms with E-state index in [0.29, 0.717) is 18.2 Å². The third kappa shape index (κ3) is 4.85. The average molecular weight is 352 g/mol. The molecule has 1 aliphatic rings. The van der Waals surface area contributed by atoms with Gasteiger partial charge in [0.2, 0.25) is 5.91 Å². The molecule has 1 fully saturated rings. The van der Waals surface area contributed by atoms with E-state index >= 15 is 0 Å². The van der Waals surface area contributed by atoms with E-state index in [4.69, 9.17) is 0 Å². The maximum atomic E-state index is 12.4. The predicted octanol–water partition coefficient (Wildman–Crippen LogP) is 3.76. The fourth-order valence-electron chi connectivity index (χ4n) is 3.63. The normalized spacial score (nSPS) is 17.0. The van der Waals surface area contributed by atoms with Crippen LogP contribution in [0.25, 0.3) is 0 Å². The molecule has 4 nitrogen and oxygen atoms in total. The Balaban J connectivity index is 1.46. The number of phenolic OH excluding ortho intramolecular Hbond substituents is 1. The first kappa shape index (κ1) is 18.5. The van der Waals surface area contributed by atoms with Crippen LogP contribution in [0.5, 0.6) is 5.75 Å². The summed E-state index contributed by atoms with van der Waals surface area (Å²) in [7, 11) is 0. The van der Waals surface area contributed by atoms with Crippen molar-refractivity contribution < 1.29 is 9.90 Å². The molecule has 0 saturated carbocycles. The van der Waals surface area contributed by atoms with E-state index in [2.05, 4.69) is 47.5 Å². The van der Waals surface area contributed by atoms with Gasteiger partial charge < -0.3 is 10.4 Å². The molecule has 0 aliphatic carbocycles. The van der Waals surface area contributed by atoms with Crippen molar-refractivity contribution >= 4 is 5.91 Å². The van der Waals surface area contributed by atoms with E-state index in [1.54, 1.807) is 6.07 Å². The molecule has 0 aromatic heterocycles.